The van der Waals surface area contributed by atoms with E-state index in [0.717, 1.165) is 32.6 Å². The highest BCUT2D eigenvalue weighted by Crippen LogP contribution is 2.43. The number of nitrogens with one attached hydrogen (secondary N) is 1. The van der Waals surface area contributed by atoms with Crippen molar-refractivity contribution in [2.45, 2.75) is 42.0 Å². The first-order valence-electron chi connectivity index (χ1n) is 14.9. The highest BCUT2D eigenvalue weighted by molar-refractivity contribution is 7.89. The Morgan fingerprint density at radius 2 is 1.52 bits per heavy atom. The number of amides is 1. The van der Waals surface area contributed by atoms with Crippen LogP contribution in [0.3, 0.4) is 0 Å². The smallest absolute Gasteiger partial charge is 0.258 e. The molecule has 1 heterocycles. The fourth-order valence-corrected chi connectivity index (χ4v) is 7.64. The first kappa shape index (κ1) is 33.1. The van der Waals surface area contributed by atoms with Crippen LogP contribution in [0.2, 0.25) is 0 Å². The maximum absolute atomic E-state index is 13.7. The minimum absolute atomic E-state index is 0.117. The lowest BCUT2D eigenvalue weighted by Crippen LogP contribution is -2.36. The van der Waals surface area contributed by atoms with Crippen LogP contribution in [0, 0.1) is 0 Å². The summed E-state index contributed by atoms with van der Waals surface area (Å²) in [7, 11) is -4.47. The van der Waals surface area contributed by atoms with E-state index in [1.165, 1.54) is 11.9 Å². The van der Waals surface area contributed by atoms with Crippen molar-refractivity contribution >= 4 is 26.9 Å². The summed E-state index contributed by atoms with van der Waals surface area (Å²) < 4.78 is 43.9. The third-order valence-electron chi connectivity index (χ3n) is 8.09. The summed E-state index contributed by atoms with van der Waals surface area (Å²) in [5.74, 6) is -3.73. The number of sulfonamides is 1. The molecular weight excluding hydrogens is 627 g/mol. The summed E-state index contributed by atoms with van der Waals surface area (Å²) >= 11 is 0. The van der Waals surface area contributed by atoms with Gasteiger partial charge in [0, 0.05) is 33.2 Å². The molecule has 1 aliphatic rings. The minimum Gasteiger partial charge on any atom is -0.504 e. The number of phenolic OH excluding ortho intramolecular Hbond substituents is 3. The van der Waals surface area contributed by atoms with Crippen LogP contribution in [0.4, 0.5) is 0 Å². The van der Waals surface area contributed by atoms with E-state index in [-0.39, 0.29) is 19.6 Å². The molecule has 1 unspecified atom stereocenters. The molecule has 4 aromatic carbocycles. The Morgan fingerprint density at radius 1 is 0.870 bits per heavy atom. The number of aromatic hydroxyl groups is 3. The fraction of sp³-hybridized carbons (Fsp3) is 0.265. The molecule has 0 spiro atoms. The van der Waals surface area contributed by atoms with Gasteiger partial charge in [0.15, 0.2) is 11.5 Å². The highest BCUT2D eigenvalue weighted by Gasteiger charge is 2.33. The molecule has 0 aliphatic carbocycles. The summed E-state index contributed by atoms with van der Waals surface area (Å²) in [6.45, 7) is 1.02. The maximum Gasteiger partial charge on any atom is 0.258 e. The highest BCUT2D eigenvalue weighted by atomic mass is 32.2. The molecular formula is C34H37N3O7S2. The third-order valence-corrected chi connectivity index (χ3v) is 11.1. The Balaban J connectivity index is 1.29. The zero-order chi connectivity index (χ0) is 32.8. The average Bonchev–Trinajstić information content (AvgIpc) is 3.07. The number of hydrogen-bond donors (Lipinski definition) is 4. The van der Waals surface area contributed by atoms with Gasteiger partial charge >= 0.3 is 0 Å². The molecule has 0 radical (unpaired) electrons. The SMILES string of the molecule is CN(CCCc1ccccc1)S(=O)(=O)c1cc(C(=O)N2CCc3ccc(S(=O)NCCc4ccccc4)cc3C2)c(O)c(O)c1O. The number of rotatable bonds is 12. The zero-order valence-corrected chi connectivity index (χ0v) is 27.1. The Bertz CT molecular complexity index is 1830. The van der Waals surface area contributed by atoms with Crippen molar-refractivity contribution in [3.63, 3.8) is 0 Å². The number of carbonyl (C=O) groups is 1. The van der Waals surface area contributed by atoms with E-state index in [1.54, 1.807) is 12.1 Å². The Kier molecular flexibility index (Phi) is 10.4. The molecule has 46 heavy (non-hydrogen) atoms. The number of benzene rings is 4. The van der Waals surface area contributed by atoms with Crippen molar-refractivity contribution in [3.05, 3.63) is 113 Å². The molecule has 1 aliphatic heterocycles. The Morgan fingerprint density at radius 3 is 2.20 bits per heavy atom. The molecule has 1 amide bonds. The Hall–Kier alpha value is -4.23. The van der Waals surface area contributed by atoms with Crippen LogP contribution in [0.5, 0.6) is 17.2 Å². The van der Waals surface area contributed by atoms with E-state index in [4.69, 9.17) is 0 Å². The van der Waals surface area contributed by atoms with Gasteiger partial charge in [0.25, 0.3) is 5.91 Å². The molecule has 12 heteroatoms. The molecule has 242 valence electrons. The molecule has 0 fully saturated rings. The second kappa shape index (κ2) is 14.5. The van der Waals surface area contributed by atoms with Gasteiger partial charge in [-0.3, -0.25) is 4.79 Å². The van der Waals surface area contributed by atoms with Gasteiger partial charge in [0.05, 0.1) is 10.5 Å². The molecule has 0 aromatic heterocycles. The lowest BCUT2D eigenvalue weighted by molar-refractivity contribution is 0.0730. The van der Waals surface area contributed by atoms with Gasteiger partial charge in [-0.15, -0.1) is 0 Å². The molecule has 10 nitrogen and oxygen atoms in total. The summed E-state index contributed by atoms with van der Waals surface area (Å²) in [4.78, 5) is 15.0. The number of hydrogen-bond acceptors (Lipinski definition) is 7. The van der Waals surface area contributed by atoms with Crippen LogP contribution in [-0.2, 0) is 46.8 Å². The van der Waals surface area contributed by atoms with Crippen molar-refractivity contribution in [2.24, 2.45) is 0 Å². The molecule has 4 N–H and O–H groups in total. The van der Waals surface area contributed by atoms with Crippen LogP contribution in [0.25, 0.3) is 0 Å². The van der Waals surface area contributed by atoms with E-state index in [2.05, 4.69) is 4.72 Å². The quantitative estimate of drug-likeness (QED) is 0.167. The average molecular weight is 664 g/mol. The number of nitrogens with zero attached hydrogens (tertiary/aromatic N) is 2. The normalized spacial score (nSPS) is 13.8. The van der Waals surface area contributed by atoms with E-state index >= 15 is 0 Å². The topological polar surface area (TPSA) is 147 Å². The first-order chi connectivity index (χ1) is 22.1. The summed E-state index contributed by atoms with van der Waals surface area (Å²) in [5.41, 5.74) is 3.47. The largest absolute Gasteiger partial charge is 0.504 e. The summed E-state index contributed by atoms with van der Waals surface area (Å²) in [6.07, 6.45) is 2.32. The molecule has 1 atom stereocenters. The van der Waals surface area contributed by atoms with Gasteiger partial charge in [0.2, 0.25) is 15.8 Å². The van der Waals surface area contributed by atoms with Gasteiger partial charge < -0.3 is 20.2 Å². The summed E-state index contributed by atoms with van der Waals surface area (Å²) in [5, 5.41) is 31.7. The van der Waals surface area contributed by atoms with Crippen molar-refractivity contribution in [1.29, 1.82) is 0 Å². The van der Waals surface area contributed by atoms with E-state index < -0.39 is 54.6 Å². The molecule has 5 rings (SSSR count). The number of phenols is 3. The van der Waals surface area contributed by atoms with Crippen molar-refractivity contribution in [2.75, 3.05) is 26.7 Å². The van der Waals surface area contributed by atoms with Crippen LogP contribution in [0.15, 0.2) is 94.7 Å². The van der Waals surface area contributed by atoms with E-state index in [1.807, 2.05) is 66.7 Å². The fourth-order valence-electron chi connectivity index (χ4n) is 5.43. The maximum atomic E-state index is 13.7. The Labute approximate surface area is 271 Å². The zero-order valence-electron chi connectivity index (χ0n) is 25.4. The predicted octanol–water partition coefficient (Wildman–Crippen LogP) is 4.11. The van der Waals surface area contributed by atoms with Crippen LogP contribution >= 0.6 is 0 Å². The van der Waals surface area contributed by atoms with Gasteiger partial charge in [-0.1, -0.05) is 66.7 Å². The molecule has 4 aromatic rings. The van der Waals surface area contributed by atoms with Gasteiger partial charge in [0.1, 0.15) is 15.9 Å². The van der Waals surface area contributed by atoms with Crippen LogP contribution < -0.4 is 4.72 Å². The number of fused-ring (bicyclic) bond motifs is 1. The first-order valence-corrected chi connectivity index (χ1v) is 17.5. The van der Waals surface area contributed by atoms with Crippen LogP contribution in [0.1, 0.15) is 39.0 Å². The number of aryl methyl sites for hydroxylation is 1. The minimum atomic E-state index is -4.34. The van der Waals surface area contributed by atoms with Crippen molar-refractivity contribution < 1.29 is 32.7 Å². The van der Waals surface area contributed by atoms with E-state index in [0.29, 0.717) is 37.1 Å². The second-order valence-corrected chi connectivity index (χ2v) is 14.5. The third kappa shape index (κ3) is 7.42. The lowest BCUT2D eigenvalue weighted by atomic mass is 9.99. The van der Waals surface area contributed by atoms with Gasteiger partial charge in [-0.2, -0.15) is 0 Å². The van der Waals surface area contributed by atoms with Gasteiger partial charge in [-0.05, 0) is 66.1 Å². The predicted molar refractivity (Wildman–Crippen MR) is 175 cm³/mol. The van der Waals surface area contributed by atoms with Crippen molar-refractivity contribution in [3.8, 4) is 17.2 Å². The monoisotopic (exact) mass is 663 g/mol. The van der Waals surface area contributed by atoms with E-state index in [9.17, 15) is 32.7 Å². The summed E-state index contributed by atoms with van der Waals surface area (Å²) in [6, 6.07) is 25.8. The van der Waals surface area contributed by atoms with Crippen molar-refractivity contribution in [1.82, 2.24) is 13.9 Å². The van der Waals surface area contributed by atoms with Gasteiger partial charge in [-0.25, -0.2) is 21.7 Å². The number of carbonyl (C=O) groups excluding carboxylic acids is 1. The molecule has 0 saturated heterocycles. The van der Waals surface area contributed by atoms with Crippen LogP contribution in [-0.4, -0.2) is 69.7 Å². The lowest BCUT2D eigenvalue weighted by Gasteiger charge is -2.30. The second-order valence-electron chi connectivity index (χ2n) is 11.2. The standard InChI is InChI=1S/C34H37N3O7S2/c1-36(19-8-13-24-9-4-2-5-10-24)46(43,44)30-22-29(31(38)33(40)32(30)39)34(41)37-20-17-26-14-15-28(21-27(26)23-37)45(42)35-18-16-25-11-6-3-7-12-25/h2-7,9-12,14-15,21-22,35,38-40H,8,13,16-20,23H2,1H3. The molecule has 0 saturated carbocycles. The molecule has 0 bridgehead atoms.